The fourth-order valence-corrected chi connectivity index (χ4v) is 2.50. The zero-order valence-electron chi connectivity index (χ0n) is 8.23. The molecule has 0 aromatic carbocycles. The maximum Gasteiger partial charge on any atom is 0.306 e. The highest BCUT2D eigenvalue weighted by Crippen LogP contribution is 2.28. The monoisotopic (exact) mass is 258 g/mol. The molecule has 8 heteroatoms. The van der Waals surface area contributed by atoms with Crippen LogP contribution in [0.5, 0.6) is 0 Å². The lowest BCUT2D eigenvalue weighted by molar-refractivity contribution is -0.347. The first kappa shape index (κ1) is 10.1. The summed E-state index contributed by atoms with van der Waals surface area (Å²) in [6, 6.07) is 0. The number of imidazole rings is 1. The number of nitrogens with one attached hydrogen (secondary N) is 2. The Morgan fingerprint density at radius 3 is 3.31 bits per heavy atom. The zero-order chi connectivity index (χ0) is 11.0. The quantitative estimate of drug-likeness (QED) is 0.607. The Kier molecular flexibility index (Phi) is 2.58. The molecule has 1 aliphatic rings. The number of ether oxygens (including phenoxy) is 1. The van der Waals surface area contributed by atoms with Gasteiger partial charge in [0.05, 0.1) is 13.2 Å². The lowest BCUT2D eigenvalue weighted by Gasteiger charge is -2.25. The molecule has 0 aliphatic carbocycles. The van der Waals surface area contributed by atoms with E-state index in [-0.39, 0.29) is 5.28 Å². The summed E-state index contributed by atoms with van der Waals surface area (Å²) in [5.41, 5.74) is 1.57. The van der Waals surface area contributed by atoms with Gasteiger partial charge in [-0.25, -0.2) is 4.98 Å². The number of aromatic nitrogens is 4. The molecule has 0 saturated carbocycles. The summed E-state index contributed by atoms with van der Waals surface area (Å²) in [5, 5.41) is 0.241. The normalized spacial score (nSPS) is 16.9. The van der Waals surface area contributed by atoms with Gasteiger partial charge in [0.25, 0.3) is 0 Å². The summed E-state index contributed by atoms with van der Waals surface area (Å²) < 4.78 is 7.33. The largest absolute Gasteiger partial charge is 0.367 e. The summed E-state index contributed by atoms with van der Waals surface area (Å²) in [5.74, 6) is 1.43. The molecule has 0 unspecified atom stereocenters. The van der Waals surface area contributed by atoms with Crippen LogP contribution in [0.25, 0.3) is 11.2 Å². The van der Waals surface area contributed by atoms with Crippen molar-refractivity contribution in [1.82, 2.24) is 15.0 Å². The van der Waals surface area contributed by atoms with Gasteiger partial charge in [-0.3, -0.25) is 9.29 Å². The second kappa shape index (κ2) is 4.08. The van der Waals surface area contributed by atoms with Crippen LogP contribution < -0.4 is 9.29 Å². The summed E-state index contributed by atoms with van der Waals surface area (Å²) in [7, 11) is 0. The molecule has 0 amide bonds. The first-order chi connectivity index (χ1) is 7.84. The molecular weight excluding hydrogens is 250 g/mol. The third kappa shape index (κ3) is 1.70. The van der Waals surface area contributed by atoms with Gasteiger partial charge in [-0.2, -0.15) is 4.98 Å². The second-order valence-corrected chi connectivity index (χ2v) is 4.50. The van der Waals surface area contributed by atoms with Crippen molar-refractivity contribution in [2.75, 3.05) is 23.4 Å². The molecule has 0 atom stereocenters. The highest BCUT2D eigenvalue weighted by molar-refractivity contribution is 8.00. The van der Waals surface area contributed by atoms with E-state index in [0.717, 1.165) is 17.9 Å². The number of anilines is 1. The van der Waals surface area contributed by atoms with Crippen molar-refractivity contribution in [2.45, 2.75) is 0 Å². The number of fused-ring (bicyclic) bond motifs is 1. The summed E-state index contributed by atoms with van der Waals surface area (Å²) in [6.45, 7) is 1.48. The molecule has 1 saturated heterocycles. The van der Waals surface area contributed by atoms with Crippen molar-refractivity contribution in [3.8, 4) is 0 Å². The smallest absolute Gasteiger partial charge is 0.306 e. The van der Waals surface area contributed by atoms with Crippen LogP contribution in [0.3, 0.4) is 0 Å². The van der Waals surface area contributed by atoms with Crippen molar-refractivity contribution >= 4 is 40.5 Å². The van der Waals surface area contributed by atoms with Crippen LogP contribution in [0.4, 0.5) is 5.82 Å². The molecule has 0 spiro atoms. The Morgan fingerprint density at radius 2 is 2.50 bits per heavy atom. The van der Waals surface area contributed by atoms with Crippen molar-refractivity contribution in [3.05, 3.63) is 11.6 Å². The van der Waals surface area contributed by atoms with Crippen molar-refractivity contribution in [1.29, 1.82) is 0 Å². The predicted octanol–water partition coefficient (Wildman–Crippen LogP) is 0.868. The molecule has 16 heavy (non-hydrogen) atoms. The van der Waals surface area contributed by atoms with E-state index >= 15 is 0 Å². The van der Waals surface area contributed by atoms with E-state index in [1.54, 1.807) is 18.3 Å². The number of hydrogen-bond donors (Lipinski definition) is 1. The van der Waals surface area contributed by atoms with E-state index in [9.17, 15) is 0 Å². The maximum absolute atomic E-state index is 5.88. The van der Waals surface area contributed by atoms with Crippen molar-refractivity contribution in [2.24, 2.45) is 0 Å². The predicted molar refractivity (Wildman–Crippen MR) is 61.2 cm³/mol. The van der Waals surface area contributed by atoms with Gasteiger partial charge in [-0.1, -0.05) is 4.98 Å². The zero-order valence-corrected chi connectivity index (χ0v) is 9.81. The van der Waals surface area contributed by atoms with E-state index in [2.05, 4.69) is 24.2 Å². The second-order valence-electron chi connectivity index (χ2n) is 3.23. The van der Waals surface area contributed by atoms with Crippen LogP contribution in [0.15, 0.2) is 6.33 Å². The minimum Gasteiger partial charge on any atom is -0.367 e. The summed E-state index contributed by atoms with van der Waals surface area (Å²) in [4.78, 5) is 14.4. The minimum atomic E-state index is 0.241. The van der Waals surface area contributed by atoms with Crippen molar-refractivity contribution < 1.29 is 9.72 Å². The molecule has 2 aromatic heterocycles. The summed E-state index contributed by atoms with van der Waals surface area (Å²) >= 11 is 7.45. The number of hydrogen-bond acceptors (Lipinski definition) is 5. The van der Waals surface area contributed by atoms with Gasteiger partial charge >= 0.3 is 10.9 Å². The van der Waals surface area contributed by atoms with Crippen LogP contribution in [-0.4, -0.2) is 34.0 Å². The minimum absolute atomic E-state index is 0.241. The SMILES string of the molecule is Clc1nc(N2CCOCS2)c2[nH]c[nH+]c2n1. The van der Waals surface area contributed by atoms with E-state index in [0.29, 0.717) is 18.2 Å². The van der Waals surface area contributed by atoms with Gasteiger partial charge in [0.2, 0.25) is 5.52 Å². The standard InChI is InChI=1S/C8H8ClN5OS/c9-8-12-6-5(10-3-11-6)7(13-8)14-1-2-15-4-16-14/h3H,1-2,4H2,(H,10,11,12,13)/p+1. The number of H-pyrrole nitrogens is 2. The van der Waals surface area contributed by atoms with Gasteiger partial charge in [-0.05, 0) is 23.5 Å². The maximum atomic E-state index is 5.88. The Bertz CT molecular complexity index is 512. The number of rotatable bonds is 1. The lowest BCUT2D eigenvalue weighted by Crippen LogP contribution is -2.27. The Hall–Kier alpha value is -1.05. The third-order valence-corrected chi connectivity index (χ3v) is 3.36. The molecule has 2 aromatic rings. The molecule has 0 radical (unpaired) electrons. The number of halogens is 1. The van der Waals surface area contributed by atoms with E-state index < -0.39 is 0 Å². The number of aromatic amines is 2. The first-order valence-corrected chi connectivity index (χ1v) is 6.07. The average molecular weight is 259 g/mol. The molecule has 1 aliphatic heterocycles. The highest BCUT2D eigenvalue weighted by Gasteiger charge is 2.22. The van der Waals surface area contributed by atoms with Gasteiger partial charge in [0, 0.05) is 0 Å². The average Bonchev–Trinajstić information content (AvgIpc) is 2.77. The van der Waals surface area contributed by atoms with Gasteiger partial charge in [0.15, 0.2) is 12.1 Å². The topological polar surface area (TPSA) is 68.2 Å². The third-order valence-electron chi connectivity index (χ3n) is 2.25. The van der Waals surface area contributed by atoms with Crippen LogP contribution in [0.1, 0.15) is 0 Å². The lowest BCUT2D eigenvalue weighted by atomic mass is 10.5. The Morgan fingerprint density at radius 1 is 1.56 bits per heavy atom. The molecule has 6 nitrogen and oxygen atoms in total. The molecule has 3 rings (SSSR count). The Labute approximate surface area is 101 Å². The van der Waals surface area contributed by atoms with Gasteiger partial charge in [0.1, 0.15) is 5.94 Å². The fourth-order valence-electron chi connectivity index (χ4n) is 1.56. The van der Waals surface area contributed by atoms with Crippen LogP contribution in [0.2, 0.25) is 5.28 Å². The van der Waals surface area contributed by atoms with Crippen molar-refractivity contribution in [3.63, 3.8) is 0 Å². The summed E-state index contributed by atoms with van der Waals surface area (Å²) in [6.07, 6.45) is 1.71. The number of nitrogens with zero attached hydrogens (tertiary/aromatic N) is 3. The van der Waals surface area contributed by atoms with Gasteiger partial charge < -0.3 is 4.74 Å². The molecule has 3 heterocycles. The highest BCUT2D eigenvalue weighted by atomic mass is 35.5. The molecule has 2 N–H and O–H groups in total. The van der Waals surface area contributed by atoms with Crippen LogP contribution in [-0.2, 0) is 4.74 Å². The Balaban J connectivity index is 2.09. The van der Waals surface area contributed by atoms with Gasteiger partial charge in [-0.15, -0.1) is 0 Å². The molecular formula is C8H9ClN5OS+. The molecule has 1 fully saturated rings. The van der Waals surface area contributed by atoms with Crippen LogP contribution in [0, 0.1) is 0 Å². The fraction of sp³-hybridized carbons (Fsp3) is 0.375. The van der Waals surface area contributed by atoms with E-state index in [4.69, 9.17) is 16.3 Å². The van der Waals surface area contributed by atoms with E-state index in [1.807, 2.05) is 0 Å². The van der Waals surface area contributed by atoms with Crippen LogP contribution >= 0.6 is 23.5 Å². The molecule has 84 valence electrons. The molecule has 0 bridgehead atoms. The van der Waals surface area contributed by atoms with E-state index in [1.165, 1.54) is 0 Å². The first-order valence-electron chi connectivity index (χ1n) is 4.75.